The van der Waals surface area contributed by atoms with Gasteiger partial charge in [0.15, 0.2) is 0 Å². The van der Waals surface area contributed by atoms with Gasteiger partial charge in [-0.25, -0.2) is 0 Å². The lowest BCUT2D eigenvalue weighted by Gasteiger charge is -2.23. The van der Waals surface area contributed by atoms with Crippen molar-refractivity contribution in [2.45, 2.75) is 25.3 Å². The van der Waals surface area contributed by atoms with Gasteiger partial charge < -0.3 is 14.8 Å². The van der Waals surface area contributed by atoms with Crippen molar-refractivity contribution < 1.29 is 9.47 Å². The molecule has 1 N–H and O–H groups in total. The molecule has 0 spiro atoms. The minimum atomic E-state index is 0.421. The lowest BCUT2D eigenvalue weighted by molar-refractivity contribution is 0.358. The van der Waals surface area contributed by atoms with Crippen LogP contribution in [0.2, 0.25) is 0 Å². The molecule has 0 amide bonds. The van der Waals surface area contributed by atoms with Crippen LogP contribution in [0.15, 0.2) is 18.2 Å². The fourth-order valence-electron chi connectivity index (χ4n) is 5.47. The van der Waals surface area contributed by atoms with Crippen molar-refractivity contribution in [3.8, 4) is 11.5 Å². The number of rotatable bonds is 5. The van der Waals surface area contributed by atoms with E-state index in [1.807, 2.05) is 6.07 Å². The van der Waals surface area contributed by atoms with Crippen molar-refractivity contribution in [1.82, 2.24) is 5.32 Å². The molecule has 3 saturated carbocycles. The molecule has 0 aromatic heterocycles. The third kappa shape index (κ3) is 1.90. The maximum Gasteiger partial charge on any atom is 0.127 e. The van der Waals surface area contributed by atoms with E-state index in [4.69, 9.17) is 9.47 Å². The lowest BCUT2D eigenvalue weighted by atomic mass is 9.92. The third-order valence-corrected chi connectivity index (χ3v) is 6.27. The van der Waals surface area contributed by atoms with Gasteiger partial charge in [-0.05, 0) is 62.0 Å². The SMILES string of the molecule is CNC(c1ccc(OC)cc1OC)C1C2C3CCC(C3)C21. The number of methoxy groups -OCH3 is 2. The molecule has 4 rings (SSSR count). The quantitative estimate of drug-likeness (QED) is 0.901. The van der Waals surface area contributed by atoms with Crippen molar-refractivity contribution in [3.05, 3.63) is 23.8 Å². The van der Waals surface area contributed by atoms with Gasteiger partial charge in [0, 0.05) is 17.7 Å². The Morgan fingerprint density at radius 2 is 1.81 bits per heavy atom. The molecular weight excluding hydrogens is 262 g/mol. The second kappa shape index (κ2) is 4.91. The van der Waals surface area contributed by atoms with Crippen LogP contribution in [0.4, 0.5) is 0 Å². The van der Waals surface area contributed by atoms with Gasteiger partial charge in [-0.2, -0.15) is 0 Å². The molecule has 0 radical (unpaired) electrons. The molecule has 5 atom stereocenters. The Kier molecular flexibility index (Phi) is 3.14. The van der Waals surface area contributed by atoms with Crippen LogP contribution in [0, 0.1) is 29.6 Å². The Bertz CT molecular complexity index is 528. The first-order valence-corrected chi connectivity index (χ1v) is 8.17. The molecule has 0 saturated heterocycles. The van der Waals surface area contributed by atoms with Gasteiger partial charge in [0.1, 0.15) is 11.5 Å². The second-order valence-electron chi connectivity index (χ2n) is 6.94. The maximum absolute atomic E-state index is 5.62. The number of hydrogen-bond acceptors (Lipinski definition) is 3. The first-order valence-electron chi connectivity index (χ1n) is 8.17. The van der Waals surface area contributed by atoms with Crippen LogP contribution in [-0.4, -0.2) is 21.3 Å². The maximum atomic E-state index is 5.62. The summed E-state index contributed by atoms with van der Waals surface area (Å²) >= 11 is 0. The Morgan fingerprint density at radius 1 is 1.10 bits per heavy atom. The minimum absolute atomic E-state index is 0.421. The highest BCUT2D eigenvalue weighted by Crippen LogP contribution is 2.72. The van der Waals surface area contributed by atoms with Crippen LogP contribution >= 0.6 is 0 Å². The van der Waals surface area contributed by atoms with E-state index in [0.29, 0.717) is 6.04 Å². The van der Waals surface area contributed by atoms with Crippen LogP contribution in [0.3, 0.4) is 0 Å². The lowest BCUT2D eigenvalue weighted by Crippen LogP contribution is -2.22. The normalized spacial score (nSPS) is 37.2. The van der Waals surface area contributed by atoms with Crippen LogP contribution < -0.4 is 14.8 Å². The number of nitrogens with one attached hydrogen (secondary N) is 1. The van der Waals surface area contributed by atoms with E-state index in [-0.39, 0.29) is 0 Å². The van der Waals surface area contributed by atoms with E-state index in [1.165, 1.54) is 24.8 Å². The summed E-state index contributed by atoms with van der Waals surface area (Å²) in [5.74, 6) is 6.56. The van der Waals surface area contributed by atoms with Crippen LogP contribution in [0.5, 0.6) is 11.5 Å². The molecular formula is C18H25NO2. The molecule has 3 aliphatic carbocycles. The van der Waals surface area contributed by atoms with E-state index < -0.39 is 0 Å². The summed E-state index contributed by atoms with van der Waals surface area (Å²) in [7, 11) is 5.54. The standard InChI is InChI=1S/C18H25NO2/c1-19-18(13-7-6-12(20-2)9-14(13)21-3)17-15-10-4-5-11(8-10)16(15)17/h6-7,9-11,15-19H,4-5,8H2,1-3H3. The largest absolute Gasteiger partial charge is 0.497 e. The number of hydrogen-bond donors (Lipinski definition) is 1. The zero-order valence-corrected chi connectivity index (χ0v) is 13.1. The van der Waals surface area contributed by atoms with Gasteiger partial charge >= 0.3 is 0 Å². The fraction of sp³-hybridized carbons (Fsp3) is 0.667. The molecule has 0 aliphatic heterocycles. The predicted molar refractivity (Wildman–Crippen MR) is 82.6 cm³/mol. The summed E-state index contributed by atoms with van der Waals surface area (Å²) in [5, 5.41) is 3.57. The van der Waals surface area contributed by atoms with Crippen molar-refractivity contribution in [3.63, 3.8) is 0 Å². The third-order valence-electron chi connectivity index (χ3n) is 6.27. The predicted octanol–water partition coefficient (Wildman–Crippen LogP) is 3.26. The summed E-state index contributed by atoms with van der Waals surface area (Å²) in [6, 6.07) is 6.65. The summed E-state index contributed by atoms with van der Waals surface area (Å²) in [4.78, 5) is 0. The Balaban J connectivity index is 1.62. The van der Waals surface area contributed by atoms with E-state index in [9.17, 15) is 0 Å². The van der Waals surface area contributed by atoms with Gasteiger partial charge in [-0.1, -0.05) is 6.07 Å². The summed E-state index contributed by atoms with van der Waals surface area (Å²) in [6.45, 7) is 0. The molecule has 1 aromatic carbocycles. The summed E-state index contributed by atoms with van der Waals surface area (Å²) in [5.41, 5.74) is 1.29. The molecule has 3 aliphatic rings. The average molecular weight is 287 g/mol. The molecule has 2 bridgehead atoms. The minimum Gasteiger partial charge on any atom is -0.497 e. The van der Waals surface area contributed by atoms with Gasteiger partial charge in [-0.15, -0.1) is 0 Å². The molecule has 114 valence electrons. The molecule has 5 unspecified atom stereocenters. The van der Waals surface area contributed by atoms with Gasteiger partial charge in [0.25, 0.3) is 0 Å². The number of ether oxygens (including phenoxy) is 2. The fourth-order valence-corrected chi connectivity index (χ4v) is 5.47. The summed E-state index contributed by atoms with van der Waals surface area (Å²) < 4.78 is 10.9. The smallest absolute Gasteiger partial charge is 0.127 e. The zero-order valence-electron chi connectivity index (χ0n) is 13.1. The van der Waals surface area contributed by atoms with Crippen molar-refractivity contribution in [1.29, 1.82) is 0 Å². The van der Waals surface area contributed by atoms with Crippen molar-refractivity contribution >= 4 is 0 Å². The Morgan fingerprint density at radius 3 is 2.38 bits per heavy atom. The molecule has 3 nitrogen and oxygen atoms in total. The first kappa shape index (κ1) is 13.4. The highest BCUT2D eigenvalue weighted by Gasteiger charge is 2.66. The number of fused-ring (bicyclic) bond motifs is 5. The van der Waals surface area contributed by atoms with Crippen LogP contribution in [0.1, 0.15) is 30.9 Å². The van der Waals surface area contributed by atoms with Gasteiger partial charge in [-0.3, -0.25) is 0 Å². The van der Waals surface area contributed by atoms with Crippen molar-refractivity contribution in [2.75, 3.05) is 21.3 Å². The average Bonchev–Trinajstić information content (AvgIpc) is 2.93. The monoisotopic (exact) mass is 287 g/mol. The number of benzene rings is 1. The van der Waals surface area contributed by atoms with E-state index >= 15 is 0 Å². The summed E-state index contributed by atoms with van der Waals surface area (Å²) in [6.07, 6.45) is 4.44. The highest BCUT2D eigenvalue weighted by atomic mass is 16.5. The second-order valence-corrected chi connectivity index (χ2v) is 6.94. The first-order chi connectivity index (χ1) is 10.3. The van der Waals surface area contributed by atoms with E-state index in [1.54, 1.807) is 14.2 Å². The zero-order chi connectivity index (χ0) is 14.6. The van der Waals surface area contributed by atoms with Crippen molar-refractivity contribution in [2.24, 2.45) is 29.6 Å². The Hall–Kier alpha value is -1.22. The molecule has 1 aromatic rings. The highest BCUT2D eigenvalue weighted by molar-refractivity contribution is 5.44. The van der Waals surface area contributed by atoms with E-state index in [0.717, 1.165) is 41.1 Å². The topological polar surface area (TPSA) is 30.5 Å². The molecule has 21 heavy (non-hydrogen) atoms. The molecule has 3 heteroatoms. The van der Waals surface area contributed by atoms with Crippen LogP contribution in [-0.2, 0) is 0 Å². The van der Waals surface area contributed by atoms with Gasteiger partial charge in [0.05, 0.1) is 14.2 Å². The Labute approximate surface area is 127 Å². The molecule has 3 fully saturated rings. The molecule has 0 heterocycles. The van der Waals surface area contributed by atoms with E-state index in [2.05, 4.69) is 24.5 Å². The van der Waals surface area contributed by atoms with Gasteiger partial charge in [0.2, 0.25) is 0 Å². The van der Waals surface area contributed by atoms with Crippen LogP contribution in [0.25, 0.3) is 0 Å².